The SMILES string of the molecule is Cc1cc(C)c(NC(=O)c2ccc3nc(Nc4cc(C)nc(C)n4)sc3c2)c(C)c1. The molecule has 2 N–H and O–H groups in total. The Morgan fingerprint density at radius 3 is 2.33 bits per heavy atom. The zero-order valence-electron chi connectivity index (χ0n) is 17.6. The summed E-state index contributed by atoms with van der Waals surface area (Å²) in [6, 6.07) is 11.6. The van der Waals surface area contributed by atoms with Crippen molar-refractivity contribution in [3.8, 4) is 0 Å². The second-order valence-corrected chi connectivity index (χ2v) is 8.53. The summed E-state index contributed by atoms with van der Waals surface area (Å²) in [7, 11) is 0. The van der Waals surface area contributed by atoms with Crippen molar-refractivity contribution in [1.29, 1.82) is 0 Å². The summed E-state index contributed by atoms with van der Waals surface area (Å²) in [4.78, 5) is 26.1. The fourth-order valence-corrected chi connectivity index (χ4v) is 4.48. The number of nitrogens with one attached hydrogen (secondary N) is 2. The predicted octanol–water partition coefficient (Wildman–Crippen LogP) is 5.62. The zero-order valence-corrected chi connectivity index (χ0v) is 18.4. The standard InChI is InChI=1S/C23H23N5OS/c1-12-8-13(2)21(14(3)9-12)28-22(29)17-6-7-18-19(11-17)30-23(26-18)27-20-10-15(4)24-16(5)25-20/h6-11H,1-5H3,(H,28,29)(H,24,25,26,27). The number of nitrogens with zero attached hydrogens (tertiary/aromatic N) is 3. The molecule has 0 radical (unpaired) electrons. The molecule has 0 saturated heterocycles. The van der Waals surface area contributed by atoms with Gasteiger partial charge in [-0.25, -0.2) is 15.0 Å². The monoisotopic (exact) mass is 417 g/mol. The maximum Gasteiger partial charge on any atom is 0.255 e. The van der Waals surface area contributed by atoms with E-state index in [-0.39, 0.29) is 5.91 Å². The number of carbonyl (C=O) groups excluding carboxylic acids is 1. The van der Waals surface area contributed by atoms with E-state index < -0.39 is 0 Å². The van der Waals surface area contributed by atoms with Crippen LogP contribution in [0.5, 0.6) is 0 Å². The lowest BCUT2D eigenvalue weighted by Gasteiger charge is -2.12. The van der Waals surface area contributed by atoms with Gasteiger partial charge >= 0.3 is 0 Å². The Balaban J connectivity index is 1.58. The molecule has 0 fully saturated rings. The number of hydrogen-bond acceptors (Lipinski definition) is 6. The predicted molar refractivity (Wildman–Crippen MR) is 123 cm³/mol. The molecule has 6 nitrogen and oxygen atoms in total. The summed E-state index contributed by atoms with van der Waals surface area (Å²) in [5, 5.41) is 7.03. The smallest absolute Gasteiger partial charge is 0.255 e. The maximum atomic E-state index is 12.9. The summed E-state index contributed by atoms with van der Waals surface area (Å²) in [5.41, 5.74) is 6.50. The number of thiazole rings is 1. The second-order valence-electron chi connectivity index (χ2n) is 7.50. The highest BCUT2D eigenvalue weighted by atomic mass is 32.1. The Bertz CT molecular complexity index is 1230. The van der Waals surface area contributed by atoms with Crippen molar-refractivity contribution in [3.63, 3.8) is 0 Å². The van der Waals surface area contributed by atoms with Gasteiger partial charge in [-0.05, 0) is 63.9 Å². The van der Waals surface area contributed by atoms with Crippen LogP contribution in [0.1, 0.15) is 38.6 Å². The molecule has 7 heteroatoms. The van der Waals surface area contributed by atoms with Gasteiger partial charge in [-0.2, -0.15) is 0 Å². The molecule has 30 heavy (non-hydrogen) atoms. The van der Waals surface area contributed by atoms with E-state index in [9.17, 15) is 4.79 Å². The first-order valence-corrected chi connectivity index (χ1v) is 10.5. The van der Waals surface area contributed by atoms with E-state index in [0.29, 0.717) is 17.2 Å². The summed E-state index contributed by atoms with van der Waals surface area (Å²) in [6.45, 7) is 9.87. The molecule has 4 aromatic rings. The number of aromatic nitrogens is 3. The summed E-state index contributed by atoms with van der Waals surface area (Å²) in [6.07, 6.45) is 0. The summed E-state index contributed by atoms with van der Waals surface area (Å²) in [5.74, 6) is 1.29. The molecule has 2 aromatic carbocycles. The summed E-state index contributed by atoms with van der Waals surface area (Å²) >= 11 is 1.49. The van der Waals surface area contributed by atoms with Gasteiger partial charge in [0.25, 0.3) is 5.91 Å². The largest absolute Gasteiger partial charge is 0.322 e. The second kappa shape index (κ2) is 7.84. The van der Waals surface area contributed by atoms with Crippen molar-refractivity contribution in [2.75, 3.05) is 10.6 Å². The number of hydrogen-bond donors (Lipinski definition) is 2. The number of fused-ring (bicyclic) bond motifs is 1. The van der Waals surface area contributed by atoms with Gasteiger partial charge in [0.15, 0.2) is 5.13 Å². The Labute approximate surface area is 179 Å². The molecular formula is C23H23N5OS. The van der Waals surface area contributed by atoms with Gasteiger partial charge in [-0.1, -0.05) is 29.0 Å². The first kappa shape index (κ1) is 20.0. The minimum Gasteiger partial charge on any atom is -0.322 e. The molecule has 0 bridgehead atoms. The van der Waals surface area contributed by atoms with Gasteiger partial charge < -0.3 is 10.6 Å². The Morgan fingerprint density at radius 2 is 1.63 bits per heavy atom. The van der Waals surface area contributed by atoms with Crippen LogP contribution in [0, 0.1) is 34.6 Å². The lowest BCUT2D eigenvalue weighted by Crippen LogP contribution is -2.13. The van der Waals surface area contributed by atoms with Crippen LogP contribution >= 0.6 is 11.3 Å². The third kappa shape index (κ3) is 4.16. The van der Waals surface area contributed by atoms with E-state index in [4.69, 9.17) is 0 Å². The highest BCUT2D eigenvalue weighted by Crippen LogP contribution is 2.29. The lowest BCUT2D eigenvalue weighted by atomic mass is 10.0. The van der Waals surface area contributed by atoms with E-state index in [1.165, 1.54) is 16.9 Å². The molecule has 0 aliphatic carbocycles. The topological polar surface area (TPSA) is 79.8 Å². The van der Waals surface area contributed by atoms with Crippen molar-refractivity contribution in [3.05, 3.63) is 70.2 Å². The van der Waals surface area contributed by atoms with Crippen LogP contribution < -0.4 is 10.6 Å². The molecule has 0 atom stereocenters. The molecule has 0 unspecified atom stereocenters. The highest BCUT2D eigenvalue weighted by molar-refractivity contribution is 7.22. The minimum atomic E-state index is -0.128. The first-order valence-electron chi connectivity index (χ1n) is 9.67. The first-order chi connectivity index (χ1) is 14.3. The van der Waals surface area contributed by atoms with Crippen LogP contribution in [0.25, 0.3) is 10.2 Å². The van der Waals surface area contributed by atoms with Gasteiger partial charge in [0.2, 0.25) is 0 Å². The van der Waals surface area contributed by atoms with Crippen LogP contribution in [0.4, 0.5) is 16.6 Å². The van der Waals surface area contributed by atoms with Gasteiger partial charge in [0, 0.05) is 23.0 Å². The lowest BCUT2D eigenvalue weighted by molar-refractivity contribution is 0.102. The molecule has 0 aliphatic rings. The molecule has 0 aliphatic heterocycles. The van der Waals surface area contributed by atoms with Gasteiger partial charge in [-0.15, -0.1) is 0 Å². The maximum absolute atomic E-state index is 12.9. The third-order valence-corrected chi connectivity index (χ3v) is 5.70. The number of carbonyl (C=O) groups is 1. The van der Waals surface area contributed by atoms with E-state index >= 15 is 0 Å². The van der Waals surface area contributed by atoms with Crippen molar-refractivity contribution < 1.29 is 4.79 Å². The number of benzene rings is 2. The van der Waals surface area contributed by atoms with Crippen LogP contribution in [0.15, 0.2) is 36.4 Å². The van der Waals surface area contributed by atoms with Crippen molar-refractivity contribution in [2.45, 2.75) is 34.6 Å². The fraction of sp³-hybridized carbons (Fsp3) is 0.217. The minimum absolute atomic E-state index is 0.128. The molecule has 2 aromatic heterocycles. The number of amides is 1. The average molecular weight is 418 g/mol. The van der Waals surface area contributed by atoms with E-state index in [1.807, 2.05) is 45.9 Å². The average Bonchev–Trinajstić information content (AvgIpc) is 3.04. The summed E-state index contributed by atoms with van der Waals surface area (Å²) < 4.78 is 0.935. The van der Waals surface area contributed by atoms with Crippen LogP contribution in [0.2, 0.25) is 0 Å². The molecular weight excluding hydrogens is 394 g/mol. The van der Waals surface area contributed by atoms with Crippen LogP contribution in [-0.2, 0) is 0 Å². The quantitative estimate of drug-likeness (QED) is 0.450. The molecule has 0 spiro atoms. The highest BCUT2D eigenvalue weighted by Gasteiger charge is 2.13. The molecule has 4 rings (SSSR count). The van der Waals surface area contributed by atoms with Crippen LogP contribution in [0.3, 0.4) is 0 Å². The number of aryl methyl sites for hydroxylation is 5. The van der Waals surface area contributed by atoms with Crippen molar-refractivity contribution >= 4 is 44.1 Å². The Hall–Kier alpha value is -3.32. The Kier molecular flexibility index (Phi) is 5.22. The molecule has 0 saturated carbocycles. The molecule has 152 valence electrons. The zero-order chi connectivity index (χ0) is 21.4. The van der Waals surface area contributed by atoms with Crippen molar-refractivity contribution in [1.82, 2.24) is 15.0 Å². The molecule has 1 amide bonds. The normalized spacial score (nSPS) is 11.0. The van der Waals surface area contributed by atoms with E-state index in [0.717, 1.165) is 37.9 Å². The fourth-order valence-electron chi connectivity index (χ4n) is 3.57. The van der Waals surface area contributed by atoms with E-state index in [1.54, 1.807) is 6.07 Å². The van der Waals surface area contributed by atoms with E-state index in [2.05, 4.69) is 44.6 Å². The number of anilines is 3. The third-order valence-electron chi connectivity index (χ3n) is 4.77. The number of rotatable bonds is 4. The van der Waals surface area contributed by atoms with Gasteiger partial charge in [0.05, 0.1) is 10.2 Å². The van der Waals surface area contributed by atoms with Crippen LogP contribution in [-0.4, -0.2) is 20.9 Å². The molecule has 2 heterocycles. The van der Waals surface area contributed by atoms with Gasteiger partial charge in [-0.3, -0.25) is 4.79 Å². The van der Waals surface area contributed by atoms with Gasteiger partial charge in [0.1, 0.15) is 11.6 Å². The van der Waals surface area contributed by atoms with Crippen molar-refractivity contribution in [2.24, 2.45) is 0 Å². The Morgan fingerprint density at radius 1 is 0.900 bits per heavy atom.